The normalized spacial score (nSPS) is 11.8. The minimum Gasteiger partial charge on any atom is -0.508 e. The van der Waals surface area contributed by atoms with Gasteiger partial charge in [0.1, 0.15) is 24.5 Å². The van der Waals surface area contributed by atoms with E-state index in [2.05, 4.69) is 15.2 Å². The highest BCUT2D eigenvalue weighted by Crippen LogP contribution is 2.13. The molecule has 1 aromatic carbocycles. The Balaban J connectivity index is 2.39. The van der Waals surface area contributed by atoms with Gasteiger partial charge in [-0.1, -0.05) is 17.3 Å². The first-order chi connectivity index (χ1) is 8.66. The third-order valence-corrected chi connectivity index (χ3v) is 2.09. The molecule has 0 atom stereocenters. The van der Waals surface area contributed by atoms with Crippen molar-refractivity contribution in [1.29, 1.82) is 0 Å². The van der Waals surface area contributed by atoms with Crippen molar-refractivity contribution in [3.8, 4) is 5.75 Å². The molecule has 0 unspecified atom stereocenters. The second-order valence-electron chi connectivity index (χ2n) is 3.96. The maximum Gasteiger partial charge on any atom is 0.201 e. The summed E-state index contributed by atoms with van der Waals surface area (Å²) < 4.78 is 1.48. The molecule has 0 spiro atoms. The molecule has 0 bridgehead atoms. The van der Waals surface area contributed by atoms with E-state index in [0.29, 0.717) is 11.4 Å². The highest BCUT2D eigenvalue weighted by atomic mass is 16.6. The molecule has 1 N–H and O–H groups in total. The molecule has 0 radical (unpaired) electrons. The molecule has 0 aliphatic carbocycles. The van der Waals surface area contributed by atoms with Crippen molar-refractivity contribution >= 4 is 5.84 Å². The quantitative estimate of drug-likeness (QED) is 0.507. The van der Waals surface area contributed by atoms with Crippen LogP contribution in [0.25, 0.3) is 0 Å². The fourth-order valence-corrected chi connectivity index (χ4v) is 1.34. The molecule has 1 heterocycles. The number of phenols is 1. The van der Waals surface area contributed by atoms with Gasteiger partial charge in [-0.2, -0.15) is 9.78 Å². The number of aromatic nitrogens is 3. The van der Waals surface area contributed by atoms with E-state index >= 15 is 0 Å². The van der Waals surface area contributed by atoms with E-state index in [9.17, 15) is 5.11 Å². The summed E-state index contributed by atoms with van der Waals surface area (Å²) in [6.45, 7) is 3.76. The van der Waals surface area contributed by atoms with Crippen LogP contribution in [-0.4, -0.2) is 31.8 Å². The topological polar surface area (TPSA) is 72.5 Å². The monoisotopic (exact) mass is 246 g/mol. The molecule has 0 aliphatic heterocycles. The Kier molecular flexibility index (Phi) is 3.57. The number of aromatic hydroxyl groups is 1. The van der Waals surface area contributed by atoms with Crippen LogP contribution in [0.1, 0.15) is 19.4 Å². The van der Waals surface area contributed by atoms with E-state index < -0.39 is 0 Å². The van der Waals surface area contributed by atoms with Crippen LogP contribution in [0.3, 0.4) is 0 Å². The van der Waals surface area contributed by atoms with Gasteiger partial charge in [-0.15, -0.1) is 0 Å². The number of benzene rings is 1. The lowest BCUT2D eigenvalue weighted by Gasteiger charge is -2.08. The Morgan fingerprint density at radius 1 is 1.44 bits per heavy atom. The lowest BCUT2D eigenvalue weighted by atomic mass is 10.2. The van der Waals surface area contributed by atoms with E-state index in [1.165, 1.54) is 17.3 Å². The summed E-state index contributed by atoms with van der Waals surface area (Å²) in [5.74, 6) is 0.627. The van der Waals surface area contributed by atoms with Gasteiger partial charge in [0.2, 0.25) is 5.84 Å². The summed E-state index contributed by atoms with van der Waals surface area (Å²) in [5, 5.41) is 17.6. The first-order valence-corrected chi connectivity index (χ1v) is 5.55. The lowest BCUT2D eigenvalue weighted by molar-refractivity contribution is 0.0851. The molecule has 6 heteroatoms. The van der Waals surface area contributed by atoms with Crippen LogP contribution in [0.4, 0.5) is 0 Å². The maximum atomic E-state index is 9.50. The van der Waals surface area contributed by atoms with E-state index in [-0.39, 0.29) is 11.9 Å². The van der Waals surface area contributed by atoms with E-state index in [1.54, 1.807) is 18.2 Å². The number of oxime groups is 1. The molecule has 0 aliphatic rings. The Labute approximate surface area is 105 Å². The summed E-state index contributed by atoms with van der Waals surface area (Å²) in [6.07, 6.45) is 2.89. The predicted octanol–water partition coefficient (Wildman–Crippen LogP) is 1.62. The van der Waals surface area contributed by atoms with E-state index in [4.69, 9.17) is 4.84 Å². The van der Waals surface area contributed by atoms with Crippen molar-refractivity contribution in [3.63, 3.8) is 0 Å². The number of nitrogens with zero attached hydrogens (tertiary/aromatic N) is 4. The molecule has 0 fully saturated rings. The highest BCUT2D eigenvalue weighted by Gasteiger charge is 2.09. The van der Waals surface area contributed by atoms with Crippen LogP contribution in [0.15, 0.2) is 42.1 Å². The van der Waals surface area contributed by atoms with Gasteiger partial charge in [0, 0.05) is 5.56 Å². The zero-order valence-corrected chi connectivity index (χ0v) is 10.2. The number of phenolic OH excluding ortho intramolecular Hbond substituents is 1. The van der Waals surface area contributed by atoms with Crippen molar-refractivity contribution in [2.45, 2.75) is 20.0 Å². The van der Waals surface area contributed by atoms with Gasteiger partial charge >= 0.3 is 0 Å². The smallest absolute Gasteiger partial charge is 0.201 e. The molecule has 18 heavy (non-hydrogen) atoms. The summed E-state index contributed by atoms with van der Waals surface area (Å²) in [6, 6.07) is 6.71. The highest BCUT2D eigenvalue weighted by molar-refractivity contribution is 5.99. The van der Waals surface area contributed by atoms with Crippen LogP contribution < -0.4 is 0 Å². The van der Waals surface area contributed by atoms with Gasteiger partial charge in [0.15, 0.2) is 0 Å². The molecule has 6 nitrogen and oxygen atoms in total. The van der Waals surface area contributed by atoms with Gasteiger partial charge in [-0.25, -0.2) is 4.98 Å². The van der Waals surface area contributed by atoms with Gasteiger partial charge in [-0.05, 0) is 26.0 Å². The number of rotatable bonds is 3. The van der Waals surface area contributed by atoms with E-state index in [0.717, 1.165) is 0 Å². The zero-order valence-electron chi connectivity index (χ0n) is 10.2. The van der Waals surface area contributed by atoms with Crippen molar-refractivity contribution in [2.24, 2.45) is 5.16 Å². The lowest BCUT2D eigenvalue weighted by Crippen LogP contribution is -2.15. The summed E-state index contributed by atoms with van der Waals surface area (Å²) in [5.41, 5.74) is 0.696. The van der Waals surface area contributed by atoms with Crippen LogP contribution in [0.5, 0.6) is 5.75 Å². The van der Waals surface area contributed by atoms with Crippen LogP contribution in [0, 0.1) is 0 Å². The standard InChI is InChI=1S/C12H14N4O2/c1-9(2)18-15-12(16-8-13-7-14-16)10-4-3-5-11(17)6-10/h3-9,17H,1-2H3. The predicted molar refractivity (Wildman–Crippen MR) is 66.3 cm³/mol. The minimum atomic E-state index is -0.0409. The van der Waals surface area contributed by atoms with Crippen molar-refractivity contribution in [2.75, 3.05) is 0 Å². The Bertz CT molecular complexity index is 535. The molecule has 2 rings (SSSR count). The molecule has 1 aromatic heterocycles. The fourth-order valence-electron chi connectivity index (χ4n) is 1.34. The van der Waals surface area contributed by atoms with Crippen molar-refractivity contribution in [1.82, 2.24) is 14.8 Å². The summed E-state index contributed by atoms with van der Waals surface area (Å²) in [4.78, 5) is 9.11. The van der Waals surface area contributed by atoms with Gasteiger partial charge in [0.25, 0.3) is 0 Å². The third-order valence-electron chi connectivity index (χ3n) is 2.09. The van der Waals surface area contributed by atoms with E-state index in [1.807, 2.05) is 19.9 Å². The SMILES string of the molecule is CC(C)ON=C(c1cccc(O)c1)n1cncn1. The maximum absolute atomic E-state index is 9.50. The third kappa shape index (κ3) is 2.85. The molecular weight excluding hydrogens is 232 g/mol. The average Bonchev–Trinajstić information content (AvgIpc) is 2.83. The molecule has 0 saturated heterocycles. The Morgan fingerprint density at radius 3 is 2.89 bits per heavy atom. The second kappa shape index (κ2) is 5.31. The zero-order chi connectivity index (χ0) is 13.0. The molecule has 94 valence electrons. The molecule has 0 amide bonds. The van der Waals surface area contributed by atoms with Crippen molar-refractivity contribution in [3.05, 3.63) is 42.5 Å². The molecule has 0 saturated carbocycles. The number of hydrogen-bond acceptors (Lipinski definition) is 5. The Morgan fingerprint density at radius 2 is 2.28 bits per heavy atom. The minimum absolute atomic E-state index is 0.0409. The second-order valence-corrected chi connectivity index (χ2v) is 3.96. The van der Waals surface area contributed by atoms with Crippen molar-refractivity contribution < 1.29 is 9.94 Å². The van der Waals surface area contributed by atoms with Gasteiger partial charge in [-0.3, -0.25) is 0 Å². The summed E-state index contributed by atoms with van der Waals surface area (Å²) >= 11 is 0. The molecule has 2 aromatic rings. The van der Waals surface area contributed by atoms with Gasteiger partial charge < -0.3 is 9.94 Å². The van der Waals surface area contributed by atoms with Crippen LogP contribution >= 0.6 is 0 Å². The average molecular weight is 246 g/mol. The fraction of sp³-hybridized carbons (Fsp3) is 0.250. The largest absolute Gasteiger partial charge is 0.508 e. The van der Waals surface area contributed by atoms with Gasteiger partial charge in [0.05, 0.1) is 0 Å². The Hall–Kier alpha value is -2.37. The summed E-state index contributed by atoms with van der Waals surface area (Å²) in [7, 11) is 0. The first kappa shape index (κ1) is 12.1. The first-order valence-electron chi connectivity index (χ1n) is 5.55. The van der Waals surface area contributed by atoms with Crippen LogP contribution in [-0.2, 0) is 4.84 Å². The molecular formula is C12H14N4O2. The van der Waals surface area contributed by atoms with Crippen LogP contribution in [0.2, 0.25) is 0 Å². The number of hydrogen-bond donors (Lipinski definition) is 1.